The predicted octanol–water partition coefficient (Wildman–Crippen LogP) is 7.00. The van der Waals surface area contributed by atoms with Crippen molar-refractivity contribution in [2.75, 3.05) is 11.1 Å². The maximum atomic E-state index is 11.7. The summed E-state index contributed by atoms with van der Waals surface area (Å²) in [5.74, 6) is 0.434. The molecule has 0 spiro atoms. The number of nitrogens with two attached hydrogens (primary N) is 1. The number of ether oxygens (including phenoxy) is 2. The summed E-state index contributed by atoms with van der Waals surface area (Å²) in [4.78, 5) is 32.5. The number of carbonyl (C=O) groups excluding carboxylic acids is 1. The standard InChI is InChI=1S/C17H17NO4.C13H11NO3/c1-11(2)16(19)18-14-5-3-4-13(10-14)12-6-8-15(9-7-12)22-17(20)21;14-11-3-1-2-10(8-11)9-4-6-12(7-5-9)17-13(15)16/h3-11H,1-2H3,(H,18,19)(H,20,21);1-8H,14H2,(H,15,16). The lowest BCUT2D eigenvalue weighted by atomic mass is 10.0. The molecule has 9 nitrogen and oxygen atoms in total. The Bertz CT molecular complexity index is 1430. The first kappa shape index (κ1) is 28.3. The molecular formula is C30H28N2O7. The van der Waals surface area contributed by atoms with E-state index < -0.39 is 12.3 Å². The van der Waals surface area contributed by atoms with E-state index in [2.05, 4.69) is 14.8 Å². The first-order valence-electron chi connectivity index (χ1n) is 11.9. The topological polar surface area (TPSA) is 148 Å². The highest BCUT2D eigenvalue weighted by molar-refractivity contribution is 5.92. The molecule has 0 atom stereocenters. The monoisotopic (exact) mass is 528 g/mol. The Morgan fingerprint density at radius 3 is 1.56 bits per heavy atom. The lowest BCUT2D eigenvalue weighted by Crippen LogP contribution is -2.17. The molecule has 0 radical (unpaired) electrons. The Morgan fingerprint density at radius 2 is 1.13 bits per heavy atom. The zero-order valence-corrected chi connectivity index (χ0v) is 21.3. The normalized spacial score (nSPS) is 10.1. The molecule has 4 rings (SSSR count). The van der Waals surface area contributed by atoms with Crippen LogP contribution in [0.25, 0.3) is 22.3 Å². The van der Waals surface area contributed by atoms with Crippen LogP contribution in [0.4, 0.5) is 21.0 Å². The molecule has 0 heterocycles. The number of anilines is 2. The largest absolute Gasteiger partial charge is 0.511 e. The van der Waals surface area contributed by atoms with E-state index in [0.29, 0.717) is 11.4 Å². The number of nitrogen functional groups attached to an aromatic ring is 1. The molecule has 5 N–H and O–H groups in total. The van der Waals surface area contributed by atoms with Crippen LogP contribution in [0.15, 0.2) is 97.1 Å². The van der Waals surface area contributed by atoms with Gasteiger partial charge in [0.25, 0.3) is 0 Å². The second-order valence-corrected chi connectivity index (χ2v) is 8.63. The van der Waals surface area contributed by atoms with E-state index in [-0.39, 0.29) is 17.6 Å². The van der Waals surface area contributed by atoms with Gasteiger partial charge in [-0.25, -0.2) is 9.59 Å². The number of benzene rings is 4. The quantitative estimate of drug-likeness (QED) is 0.119. The first-order chi connectivity index (χ1) is 18.6. The number of nitrogens with one attached hydrogen (secondary N) is 1. The third-order valence-electron chi connectivity index (χ3n) is 5.33. The summed E-state index contributed by atoms with van der Waals surface area (Å²) in [6.45, 7) is 3.67. The second-order valence-electron chi connectivity index (χ2n) is 8.63. The van der Waals surface area contributed by atoms with Gasteiger partial charge in [-0.15, -0.1) is 0 Å². The molecule has 0 aliphatic heterocycles. The van der Waals surface area contributed by atoms with Gasteiger partial charge < -0.3 is 30.7 Å². The minimum atomic E-state index is -1.34. The van der Waals surface area contributed by atoms with Crippen molar-refractivity contribution in [2.24, 2.45) is 5.92 Å². The van der Waals surface area contributed by atoms with Crippen LogP contribution in [0.5, 0.6) is 11.5 Å². The minimum absolute atomic E-state index is 0.0395. The molecule has 0 aromatic heterocycles. The van der Waals surface area contributed by atoms with Gasteiger partial charge in [-0.1, -0.05) is 62.4 Å². The van der Waals surface area contributed by atoms with Crippen LogP contribution in [-0.4, -0.2) is 28.4 Å². The van der Waals surface area contributed by atoms with E-state index in [4.69, 9.17) is 15.9 Å². The van der Waals surface area contributed by atoms with Crippen LogP contribution in [0.3, 0.4) is 0 Å². The molecule has 4 aromatic carbocycles. The second kappa shape index (κ2) is 13.3. The van der Waals surface area contributed by atoms with Crippen LogP contribution in [0, 0.1) is 5.92 Å². The molecule has 1 amide bonds. The van der Waals surface area contributed by atoms with Crippen molar-refractivity contribution in [3.05, 3.63) is 97.1 Å². The van der Waals surface area contributed by atoms with Gasteiger partial charge in [0, 0.05) is 17.3 Å². The van der Waals surface area contributed by atoms with Crippen LogP contribution in [0.2, 0.25) is 0 Å². The third kappa shape index (κ3) is 8.94. The molecule has 0 saturated heterocycles. The van der Waals surface area contributed by atoms with E-state index in [0.717, 1.165) is 27.9 Å². The van der Waals surface area contributed by atoms with Crippen molar-refractivity contribution in [3.63, 3.8) is 0 Å². The summed E-state index contributed by atoms with van der Waals surface area (Å²) < 4.78 is 9.09. The molecule has 0 aliphatic rings. The number of carboxylic acid groups (broad SMARTS) is 2. The molecule has 4 aromatic rings. The van der Waals surface area contributed by atoms with E-state index in [9.17, 15) is 14.4 Å². The molecular weight excluding hydrogens is 500 g/mol. The minimum Gasteiger partial charge on any atom is -0.449 e. The zero-order chi connectivity index (χ0) is 28.4. The van der Waals surface area contributed by atoms with E-state index in [1.54, 1.807) is 48.5 Å². The van der Waals surface area contributed by atoms with Crippen molar-refractivity contribution in [1.29, 1.82) is 0 Å². The van der Waals surface area contributed by atoms with Gasteiger partial charge in [-0.3, -0.25) is 4.79 Å². The van der Waals surface area contributed by atoms with Crippen molar-refractivity contribution < 1.29 is 34.1 Å². The summed E-state index contributed by atoms with van der Waals surface area (Å²) in [6, 6.07) is 28.4. The first-order valence-corrected chi connectivity index (χ1v) is 11.9. The fourth-order valence-corrected chi connectivity index (χ4v) is 3.41. The third-order valence-corrected chi connectivity index (χ3v) is 5.33. The Hall–Kier alpha value is -5.31. The summed E-state index contributed by atoms with van der Waals surface area (Å²) in [5, 5.41) is 19.9. The highest BCUT2D eigenvalue weighted by atomic mass is 16.7. The average molecular weight is 529 g/mol. The Labute approximate surface area is 225 Å². The summed E-state index contributed by atoms with van der Waals surface area (Å²) in [5.41, 5.74) is 10.9. The number of hydrogen-bond donors (Lipinski definition) is 4. The summed E-state index contributed by atoms with van der Waals surface area (Å²) >= 11 is 0. The molecule has 39 heavy (non-hydrogen) atoms. The molecule has 0 bridgehead atoms. The molecule has 0 unspecified atom stereocenters. The maximum Gasteiger partial charge on any atom is 0.511 e. The van der Waals surface area contributed by atoms with Crippen LogP contribution < -0.4 is 20.5 Å². The fraction of sp³-hybridized carbons (Fsp3) is 0.100. The Kier molecular flexibility index (Phi) is 9.64. The SMILES string of the molecule is CC(C)C(=O)Nc1cccc(-c2ccc(OC(=O)O)cc2)c1.Nc1cccc(-c2ccc(OC(=O)O)cc2)c1. The lowest BCUT2D eigenvalue weighted by molar-refractivity contribution is -0.118. The fourth-order valence-electron chi connectivity index (χ4n) is 3.41. The van der Waals surface area contributed by atoms with Crippen LogP contribution in [0.1, 0.15) is 13.8 Å². The van der Waals surface area contributed by atoms with E-state index in [1.165, 1.54) is 0 Å². The number of rotatable bonds is 6. The van der Waals surface area contributed by atoms with Crippen LogP contribution in [-0.2, 0) is 4.79 Å². The van der Waals surface area contributed by atoms with Gasteiger partial charge >= 0.3 is 12.3 Å². The zero-order valence-electron chi connectivity index (χ0n) is 21.3. The number of carbonyl (C=O) groups is 3. The highest BCUT2D eigenvalue weighted by Gasteiger charge is 2.08. The van der Waals surface area contributed by atoms with Gasteiger partial charge in [-0.2, -0.15) is 0 Å². The predicted molar refractivity (Wildman–Crippen MR) is 149 cm³/mol. The van der Waals surface area contributed by atoms with Crippen molar-refractivity contribution in [2.45, 2.75) is 13.8 Å². The number of hydrogen-bond acceptors (Lipinski definition) is 6. The van der Waals surface area contributed by atoms with Crippen LogP contribution >= 0.6 is 0 Å². The highest BCUT2D eigenvalue weighted by Crippen LogP contribution is 2.26. The Balaban J connectivity index is 0.000000223. The van der Waals surface area contributed by atoms with Gasteiger partial charge in [0.05, 0.1) is 0 Å². The van der Waals surface area contributed by atoms with Crippen molar-refractivity contribution >= 4 is 29.6 Å². The molecule has 9 heteroatoms. The van der Waals surface area contributed by atoms with Gasteiger partial charge in [0.1, 0.15) is 11.5 Å². The van der Waals surface area contributed by atoms with Gasteiger partial charge in [0.15, 0.2) is 0 Å². The smallest absolute Gasteiger partial charge is 0.449 e. The summed E-state index contributed by atoms with van der Waals surface area (Å²) in [7, 11) is 0. The summed E-state index contributed by atoms with van der Waals surface area (Å²) in [6.07, 6.45) is -2.66. The molecule has 0 aliphatic carbocycles. The van der Waals surface area contributed by atoms with E-state index >= 15 is 0 Å². The molecule has 0 fully saturated rings. The average Bonchev–Trinajstić information content (AvgIpc) is 2.89. The maximum absolute atomic E-state index is 11.7. The van der Waals surface area contributed by atoms with Gasteiger partial charge in [0.2, 0.25) is 5.91 Å². The van der Waals surface area contributed by atoms with Gasteiger partial charge in [-0.05, 0) is 70.8 Å². The molecule has 0 saturated carbocycles. The molecule has 200 valence electrons. The van der Waals surface area contributed by atoms with Crippen molar-refractivity contribution in [3.8, 4) is 33.8 Å². The lowest BCUT2D eigenvalue weighted by Gasteiger charge is -2.10. The van der Waals surface area contributed by atoms with Crippen molar-refractivity contribution in [1.82, 2.24) is 0 Å². The Morgan fingerprint density at radius 1 is 0.667 bits per heavy atom. The van der Waals surface area contributed by atoms with E-state index in [1.807, 2.05) is 62.4 Å². The number of amides is 1.